The van der Waals surface area contributed by atoms with Gasteiger partial charge in [-0.1, -0.05) is 0 Å². The summed E-state index contributed by atoms with van der Waals surface area (Å²) in [5, 5.41) is 0. The maximum absolute atomic E-state index is 12.2. The smallest absolute Gasteiger partial charge is 0.254 e. The van der Waals surface area contributed by atoms with E-state index in [0.717, 1.165) is 5.76 Å². The molecular weight excluding hydrogens is 376 g/mol. The van der Waals surface area contributed by atoms with Crippen molar-refractivity contribution in [1.82, 2.24) is 4.90 Å². The summed E-state index contributed by atoms with van der Waals surface area (Å²) in [5.74, 6) is 0.630. The maximum Gasteiger partial charge on any atom is 0.254 e. The number of nitrogens with two attached hydrogens (primary N) is 1. The Morgan fingerprint density at radius 3 is 2.63 bits per heavy atom. The van der Waals surface area contributed by atoms with E-state index in [2.05, 4.69) is 31.9 Å². The number of nitrogen functional groups attached to an aromatic ring is 1. The first-order valence-electron chi connectivity index (χ1n) is 5.52. The van der Waals surface area contributed by atoms with E-state index in [1.54, 1.807) is 36.2 Å². The van der Waals surface area contributed by atoms with Gasteiger partial charge < -0.3 is 15.1 Å². The van der Waals surface area contributed by atoms with Crippen LogP contribution in [-0.4, -0.2) is 17.9 Å². The van der Waals surface area contributed by atoms with Crippen LogP contribution in [0, 0.1) is 0 Å². The average Bonchev–Trinajstić information content (AvgIpc) is 2.77. The fourth-order valence-electron chi connectivity index (χ4n) is 1.62. The van der Waals surface area contributed by atoms with Gasteiger partial charge in [-0.25, -0.2) is 0 Å². The lowest BCUT2D eigenvalue weighted by Crippen LogP contribution is -2.26. The fourth-order valence-corrected chi connectivity index (χ4v) is 2.34. The highest BCUT2D eigenvalue weighted by Gasteiger charge is 2.14. The molecule has 2 N–H and O–H groups in total. The molecule has 1 aromatic carbocycles. The predicted octanol–water partition coefficient (Wildman–Crippen LogP) is 3.66. The summed E-state index contributed by atoms with van der Waals surface area (Å²) < 4.78 is 6.74. The van der Waals surface area contributed by atoms with Crippen molar-refractivity contribution in [3.05, 3.63) is 50.8 Å². The monoisotopic (exact) mass is 386 g/mol. The molecule has 2 aromatic rings. The van der Waals surface area contributed by atoms with Gasteiger partial charge in [-0.3, -0.25) is 4.79 Å². The topological polar surface area (TPSA) is 59.5 Å². The lowest BCUT2D eigenvalue weighted by molar-refractivity contribution is 0.0775. The SMILES string of the molecule is CN(Cc1ccc(Br)o1)C(=O)c1ccc(N)c(Br)c1. The average molecular weight is 388 g/mol. The van der Waals surface area contributed by atoms with Crippen LogP contribution < -0.4 is 5.73 Å². The van der Waals surface area contributed by atoms with E-state index in [1.165, 1.54) is 0 Å². The summed E-state index contributed by atoms with van der Waals surface area (Å²) in [6.45, 7) is 0.409. The molecule has 19 heavy (non-hydrogen) atoms. The Bertz CT molecular complexity index is 610. The molecule has 0 radical (unpaired) electrons. The number of furan rings is 1. The van der Waals surface area contributed by atoms with E-state index < -0.39 is 0 Å². The minimum Gasteiger partial charge on any atom is -0.452 e. The molecular formula is C13H12Br2N2O2. The number of carbonyl (C=O) groups excluding carboxylic acids is 1. The number of rotatable bonds is 3. The Hall–Kier alpha value is -1.27. The van der Waals surface area contributed by atoms with Crippen molar-refractivity contribution in [2.24, 2.45) is 0 Å². The van der Waals surface area contributed by atoms with Crippen LogP contribution in [-0.2, 0) is 6.54 Å². The maximum atomic E-state index is 12.2. The molecule has 0 saturated heterocycles. The van der Waals surface area contributed by atoms with Crippen molar-refractivity contribution in [3.63, 3.8) is 0 Å². The summed E-state index contributed by atoms with van der Waals surface area (Å²) in [6, 6.07) is 8.75. The Morgan fingerprint density at radius 2 is 2.05 bits per heavy atom. The molecule has 100 valence electrons. The number of hydrogen-bond acceptors (Lipinski definition) is 3. The number of anilines is 1. The molecule has 4 nitrogen and oxygen atoms in total. The minimum atomic E-state index is -0.0896. The molecule has 0 saturated carbocycles. The van der Waals surface area contributed by atoms with Gasteiger partial charge in [0.1, 0.15) is 5.76 Å². The molecule has 0 aliphatic heterocycles. The van der Waals surface area contributed by atoms with Gasteiger partial charge in [-0.05, 0) is 62.2 Å². The standard InChI is InChI=1S/C13H12Br2N2O2/c1-17(7-9-3-5-12(15)19-9)13(18)8-2-4-11(16)10(14)6-8/h2-6H,7,16H2,1H3. The molecule has 0 aliphatic rings. The van der Waals surface area contributed by atoms with Gasteiger partial charge in [-0.15, -0.1) is 0 Å². The molecule has 0 bridgehead atoms. The fraction of sp³-hybridized carbons (Fsp3) is 0.154. The van der Waals surface area contributed by atoms with Gasteiger partial charge in [0.15, 0.2) is 4.67 Å². The second kappa shape index (κ2) is 5.79. The third-order valence-corrected chi connectivity index (χ3v) is 3.73. The van der Waals surface area contributed by atoms with Gasteiger partial charge in [0, 0.05) is 22.8 Å². The third kappa shape index (κ3) is 3.39. The second-order valence-electron chi connectivity index (χ2n) is 4.10. The second-order valence-corrected chi connectivity index (χ2v) is 5.74. The molecule has 0 spiro atoms. The number of halogens is 2. The van der Waals surface area contributed by atoms with Crippen LogP contribution in [0.1, 0.15) is 16.1 Å². The largest absolute Gasteiger partial charge is 0.452 e. The Kier molecular flexibility index (Phi) is 4.31. The highest BCUT2D eigenvalue weighted by molar-refractivity contribution is 9.10. The van der Waals surface area contributed by atoms with Crippen molar-refractivity contribution in [2.75, 3.05) is 12.8 Å². The van der Waals surface area contributed by atoms with E-state index in [-0.39, 0.29) is 5.91 Å². The molecule has 0 atom stereocenters. The summed E-state index contributed by atoms with van der Waals surface area (Å²) in [7, 11) is 1.73. The van der Waals surface area contributed by atoms with Gasteiger partial charge in [0.25, 0.3) is 5.91 Å². The highest BCUT2D eigenvalue weighted by Crippen LogP contribution is 2.22. The Morgan fingerprint density at radius 1 is 1.32 bits per heavy atom. The van der Waals surface area contributed by atoms with Crippen LogP contribution >= 0.6 is 31.9 Å². The van der Waals surface area contributed by atoms with E-state index in [4.69, 9.17) is 10.2 Å². The Balaban J connectivity index is 2.12. The third-order valence-electron chi connectivity index (χ3n) is 2.62. The Labute approximate surface area is 127 Å². The summed E-state index contributed by atoms with van der Waals surface area (Å²) in [5.41, 5.74) is 6.88. The molecule has 0 fully saturated rings. The van der Waals surface area contributed by atoms with Gasteiger partial charge in [0.05, 0.1) is 6.54 Å². The molecule has 0 aliphatic carbocycles. The van der Waals surface area contributed by atoms with Crippen LogP contribution in [0.2, 0.25) is 0 Å². The number of amides is 1. The van der Waals surface area contributed by atoms with E-state index in [0.29, 0.717) is 26.9 Å². The van der Waals surface area contributed by atoms with Crippen LogP contribution in [0.4, 0.5) is 5.69 Å². The molecule has 1 aromatic heterocycles. The number of carbonyl (C=O) groups is 1. The number of benzene rings is 1. The lowest BCUT2D eigenvalue weighted by Gasteiger charge is -2.16. The predicted molar refractivity (Wildman–Crippen MR) is 80.8 cm³/mol. The molecule has 6 heteroatoms. The zero-order valence-corrected chi connectivity index (χ0v) is 13.4. The normalized spacial score (nSPS) is 10.5. The molecule has 0 unspecified atom stereocenters. The van der Waals surface area contributed by atoms with Crippen molar-refractivity contribution in [1.29, 1.82) is 0 Å². The minimum absolute atomic E-state index is 0.0896. The zero-order chi connectivity index (χ0) is 14.0. The van der Waals surface area contributed by atoms with E-state index in [9.17, 15) is 4.79 Å². The number of nitrogens with zero attached hydrogens (tertiary/aromatic N) is 1. The van der Waals surface area contributed by atoms with Gasteiger partial charge in [0.2, 0.25) is 0 Å². The molecule has 1 amide bonds. The van der Waals surface area contributed by atoms with Crippen LogP contribution in [0.3, 0.4) is 0 Å². The van der Waals surface area contributed by atoms with E-state index in [1.807, 2.05) is 6.07 Å². The number of hydrogen-bond donors (Lipinski definition) is 1. The van der Waals surface area contributed by atoms with Crippen molar-refractivity contribution < 1.29 is 9.21 Å². The summed E-state index contributed by atoms with van der Waals surface area (Å²) >= 11 is 6.54. The summed E-state index contributed by atoms with van der Waals surface area (Å²) in [6.07, 6.45) is 0. The van der Waals surface area contributed by atoms with Crippen molar-refractivity contribution >= 4 is 43.5 Å². The zero-order valence-electron chi connectivity index (χ0n) is 10.2. The van der Waals surface area contributed by atoms with Crippen LogP contribution in [0.15, 0.2) is 43.9 Å². The highest BCUT2D eigenvalue weighted by atomic mass is 79.9. The van der Waals surface area contributed by atoms with Crippen molar-refractivity contribution in [2.45, 2.75) is 6.54 Å². The van der Waals surface area contributed by atoms with Crippen molar-refractivity contribution in [3.8, 4) is 0 Å². The van der Waals surface area contributed by atoms with Crippen LogP contribution in [0.25, 0.3) is 0 Å². The first-order chi connectivity index (χ1) is 8.97. The van der Waals surface area contributed by atoms with E-state index >= 15 is 0 Å². The first-order valence-corrected chi connectivity index (χ1v) is 7.10. The summed E-state index contributed by atoms with van der Waals surface area (Å²) in [4.78, 5) is 13.8. The molecule has 1 heterocycles. The quantitative estimate of drug-likeness (QED) is 0.817. The van der Waals surface area contributed by atoms with Gasteiger partial charge >= 0.3 is 0 Å². The molecule has 2 rings (SSSR count). The lowest BCUT2D eigenvalue weighted by atomic mass is 10.2. The first kappa shape index (κ1) is 14.1. The van der Waals surface area contributed by atoms with Crippen LogP contribution in [0.5, 0.6) is 0 Å². The van der Waals surface area contributed by atoms with Gasteiger partial charge in [-0.2, -0.15) is 0 Å².